The van der Waals surface area contributed by atoms with Crippen molar-refractivity contribution in [3.63, 3.8) is 0 Å². The van der Waals surface area contributed by atoms with Gasteiger partial charge in [0.1, 0.15) is 43.0 Å². The van der Waals surface area contributed by atoms with Crippen LogP contribution in [0.1, 0.15) is 15.9 Å². The molecule has 0 spiro atoms. The molecule has 0 radical (unpaired) electrons. The summed E-state index contributed by atoms with van der Waals surface area (Å²) in [4.78, 5) is 15.6. The van der Waals surface area contributed by atoms with Crippen LogP contribution in [-0.4, -0.2) is 25.7 Å². The van der Waals surface area contributed by atoms with Crippen molar-refractivity contribution in [2.45, 2.75) is 0 Å². The Morgan fingerprint density at radius 2 is 1.44 bits per heavy atom. The van der Waals surface area contributed by atoms with Crippen molar-refractivity contribution >= 4 is 12.0 Å². The highest BCUT2D eigenvalue weighted by molar-refractivity contribution is 6.01. The molecule has 3 aromatic rings. The molecule has 0 saturated carbocycles. The van der Waals surface area contributed by atoms with Crippen LogP contribution in [0.25, 0.3) is 0 Å². The van der Waals surface area contributed by atoms with Crippen LogP contribution in [0.5, 0.6) is 17.2 Å². The zero-order valence-corrected chi connectivity index (χ0v) is 14.9. The van der Waals surface area contributed by atoms with E-state index in [0.29, 0.717) is 28.5 Å². The molecule has 0 atom stereocenters. The Labute approximate surface area is 157 Å². The van der Waals surface area contributed by atoms with Crippen molar-refractivity contribution < 1.29 is 19.1 Å². The quantitative estimate of drug-likeness (QED) is 0.331. The Balaban J connectivity index is 1.61. The van der Waals surface area contributed by atoms with E-state index in [1.165, 1.54) is 7.11 Å². The predicted octanol–water partition coefficient (Wildman–Crippen LogP) is 4.72. The number of ether oxygens (including phenoxy) is 2. The summed E-state index contributed by atoms with van der Waals surface area (Å²) in [5.41, 5.74) is 2.25. The third-order valence-electron chi connectivity index (χ3n) is 3.76. The van der Waals surface area contributed by atoms with Gasteiger partial charge in [0.2, 0.25) is 0 Å². The van der Waals surface area contributed by atoms with Crippen LogP contribution in [0.15, 0.2) is 84.0 Å². The number of oxime groups is 1. The average Bonchev–Trinajstić information content (AvgIpc) is 2.73. The molecule has 3 rings (SSSR count). The second kappa shape index (κ2) is 9.20. The van der Waals surface area contributed by atoms with Gasteiger partial charge in [0.05, 0.1) is 0 Å². The number of benzene rings is 3. The van der Waals surface area contributed by atoms with Crippen LogP contribution >= 0.6 is 0 Å². The fourth-order valence-corrected chi connectivity index (χ4v) is 2.41. The summed E-state index contributed by atoms with van der Waals surface area (Å²) in [5, 5.41) is 4.04. The topological polar surface area (TPSA) is 57.1 Å². The fraction of sp³-hybridized carbons (Fsp3) is 0.0909. The van der Waals surface area contributed by atoms with Gasteiger partial charge in [-0.2, -0.15) is 0 Å². The maximum Gasteiger partial charge on any atom is 0.150 e. The highest BCUT2D eigenvalue weighted by Crippen LogP contribution is 2.24. The van der Waals surface area contributed by atoms with E-state index in [2.05, 4.69) is 5.16 Å². The van der Waals surface area contributed by atoms with E-state index >= 15 is 0 Å². The molecule has 0 aliphatic rings. The van der Waals surface area contributed by atoms with Gasteiger partial charge >= 0.3 is 0 Å². The van der Waals surface area contributed by atoms with Gasteiger partial charge in [-0.15, -0.1) is 0 Å². The van der Waals surface area contributed by atoms with Gasteiger partial charge in [0.15, 0.2) is 0 Å². The van der Waals surface area contributed by atoms with E-state index < -0.39 is 0 Å². The van der Waals surface area contributed by atoms with Gasteiger partial charge in [0.25, 0.3) is 0 Å². The summed E-state index contributed by atoms with van der Waals surface area (Å²) in [6, 6.07) is 23.9. The zero-order chi connectivity index (χ0) is 18.9. The molecule has 0 saturated heterocycles. The lowest BCUT2D eigenvalue weighted by Crippen LogP contribution is -2.13. The first-order chi connectivity index (χ1) is 13.3. The van der Waals surface area contributed by atoms with Crippen LogP contribution in [0.3, 0.4) is 0 Å². The smallest absolute Gasteiger partial charge is 0.150 e. The third kappa shape index (κ3) is 5.19. The molecule has 0 amide bonds. The molecule has 0 fully saturated rings. The Bertz CT molecular complexity index is 888. The number of hydrogen-bond acceptors (Lipinski definition) is 5. The van der Waals surface area contributed by atoms with E-state index in [1.54, 1.807) is 24.3 Å². The summed E-state index contributed by atoms with van der Waals surface area (Å²) in [7, 11) is 1.51. The number of hydrogen-bond donors (Lipinski definition) is 0. The number of nitrogens with zero attached hydrogens (tertiary/aromatic N) is 1. The van der Waals surface area contributed by atoms with Crippen LogP contribution in [0.4, 0.5) is 0 Å². The Morgan fingerprint density at radius 3 is 2.04 bits per heavy atom. The van der Waals surface area contributed by atoms with Gasteiger partial charge < -0.3 is 14.3 Å². The number of carbonyl (C=O) groups is 1. The van der Waals surface area contributed by atoms with Crippen LogP contribution < -0.4 is 9.47 Å². The van der Waals surface area contributed by atoms with Gasteiger partial charge in [-0.25, -0.2) is 0 Å². The average molecular weight is 361 g/mol. The molecule has 27 heavy (non-hydrogen) atoms. The lowest BCUT2D eigenvalue weighted by atomic mass is 10.1. The standard InChI is InChI=1S/C22H19NO4/c1-25-23-22(18-5-3-2-4-6-18)16-26-19-11-13-21(14-12-19)27-20-9-7-17(15-24)8-10-20/h2-15H,16H2,1H3/b23-22+. The molecule has 0 aromatic heterocycles. The first kappa shape index (κ1) is 18.2. The van der Waals surface area contributed by atoms with Crippen molar-refractivity contribution in [2.24, 2.45) is 5.16 Å². The van der Waals surface area contributed by atoms with E-state index in [-0.39, 0.29) is 6.61 Å². The molecule has 0 aliphatic carbocycles. The summed E-state index contributed by atoms with van der Waals surface area (Å²) in [5.74, 6) is 2.03. The monoisotopic (exact) mass is 361 g/mol. The predicted molar refractivity (Wildman–Crippen MR) is 104 cm³/mol. The molecule has 3 aromatic carbocycles. The van der Waals surface area contributed by atoms with E-state index in [0.717, 1.165) is 11.8 Å². The minimum absolute atomic E-state index is 0.283. The van der Waals surface area contributed by atoms with Gasteiger partial charge in [-0.3, -0.25) is 4.79 Å². The van der Waals surface area contributed by atoms with Crippen molar-refractivity contribution in [3.05, 3.63) is 90.0 Å². The normalized spacial score (nSPS) is 10.9. The first-order valence-corrected chi connectivity index (χ1v) is 8.40. The third-order valence-corrected chi connectivity index (χ3v) is 3.76. The summed E-state index contributed by atoms with van der Waals surface area (Å²) in [6.07, 6.45) is 0.798. The molecule has 0 bridgehead atoms. The minimum Gasteiger partial charge on any atom is -0.487 e. The first-order valence-electron chi connectivity index (χ1n) is 8.40. The van der Waals surface area contributed by atoms with Gasteiger partial charge in [-0.05, 0) is 48.5 Å². The summed E-state index contributed by atoms with van der Waals surface area (Å²) >= 11 is 0. The van der Waals surface area contributed by atoms with Crippen molar-refractivity contribution in [1.82, 2.24) is 0 Å². The lowest BCUT2D eigenvalue weighted by molar-refractivity contribution is 0.112. The summed E-state index contributed by atoms with van der Waals surface area (Å²) in [6.45, 7) is 0.283. The molecule has 136 valence electrons. The van der Waals surface area contributed by atoms with Crippen molar-refractivity contribution in [1.29, 1.82) is 0 Å². The second-order valence-corrected chi connectivity index (χ2v) is 5.64. The Morgan fingerprint density at radius 1 is 0.852 bits per heavy atom. The Kier molecular flexibility index (Phi) is 6.20. The fourth-order valence-electron chi connectivity index (χ4n) is 2.41. The molecule has 5 nitrogen and oxygen atoms in total. The molecule has 0 aliphatic heterocycles. The number of aldehydes is 1. The second-order valence-electron chi connectivity index (χ2n) is 5.64. The molecule has 0 unspecified atom stereocenters. The number of carbonyl (C=O) groups excluding carboxylic acids is 1. The van der Waals surface area contributed by atoms with Gasteiger partial charge in [0, 0.05) is 11.1 Å². The molecular formula is C22H19NO4. The van der Waals surface area contributed by atoms with Crippen LogP contribution in [-0.2, 0) is 4.84 Å². The van der Waals surface area contributed by atoms with Crippen molar-refractivity contribution in [3.8, 4) is 17.2 Å². The van der Waals surface area contributed by atoms with Crippen LogP contribution in [0, 0.1) is 0 Å². The minimum atomic E-state index is 0.283. The highest BCUT2D eigenvalue weighted by Gasteiger charge is 2.06. The molecule has 0 heterocycles. The largest absolute Gasteiger partial charge is 0.487 e. The Hall–Kier alpha value is -3.60. The van der Waals surface area contributed by atoms with Gasteiger partial charge in [-0.1, -0.05) is 35.5 Å². The highest BCUT2D eigenvalue weighted by atomic mass is 16.6. The zero-order valence-electron chi connectivity index (χ0n) is 14.9. The molecule has 0 N–H and O–H groups in total. The SMILES string of the molecule is CO/N=C(\COc1ccc(Oc2ccc(C=O)cc2)cc1)c1ccccc1. The lowest BCUT2D eigenvalue weighted by Gasteiger charge is -2.10. The maximum atomic E-state index is 10.7. The van der Waals surface area contributed by atoms with E-state index in [1.807, 2.05) is 54.6 Å². The van der Waals surface area contributed by atoms with Crippen molar-refractivity contribution in [2.75, 3.05) is 13.7 Å². The number of rotatable bonds is 8. The van der Waals surface area contributed by atoms with E-state index in [4.69, 9.17) is 14.3 Å². The maximum absolute atomic E-state index is 10.7. The van der Waals surface area contributed by atoms with Crippen LogP contribution in [0.2, 0.25) is 0 Å². The molecule has 5 heteroatoms. The molecular weight excluding hydrogens is 342 g/mol. The summed E-state index contributed by atoms with van der Waals surface area (Å²) < 4.78 is 11.6. The van der Waals surface area contributed by atoms with E-state index in [9.17, 15) is 4.79 Å².